The van der Waals surface area contributed by atoms with Crippen molar-refractivity contribution < 1.29 is 4.79 Å². The van der Waals surface area contributed by atoms with Crippen LogP contribution in [0.4, 0.5) is 0 Å². The Morgan fingerprint density at radius 3 is 1.84 bits per heavy atom. The highest BCUT2D eigenvalue weighted by Gasteiger charge is 2.30. The molecule has 0 aromatic carbocycles. The lowest BCUT2D eigenvalue weighted by molar-refractivity contribution is -0.140. The molecule has 0 saturated carbocycles. The smallest absolute Gasteiger partial charge is 0.240 e. The molecule has 0 N–H and O–H groups in total. The molecule has 19 heavy (non-hydrogen) atoms. The topological polar surface area (TPSA) is 26.8 Å². The average Bonchev–Trinajstić information content (AvgIpc) is 2.37. The third-order valence-electron chi connectivity index (χ3n) is 4.13. The van der Waals surface area contributed by atoms with Gasteiger partial charge in [-0.3, -0.25) is 9.69 Å². The van der Waals surface area contributed by atoms with Crippen molar-refractivity contribution in [3.63, 3.8) is 0 Å². The minimum atomic E-state index is 0.00352. The van der Waals surface area contributed by atoms with Gasteiger partial charge in [0.05, 0.1) is 6.04 Å². The first-order valence-corrected chi connectivity index (χ1v) is 7.67. The van der Waals surface area contributed by atoms with Crippen LogP contribution in [0.5, 0.6) is 0 Å². The van der Waals surface area contributed by atoms with E-state index in [0.29, 0.717) is 0 Å². The van der Waals surface area contributed by atoms with Gasteiger partial charge in [-0.15, -0.1) is 0 Å². The van der Waals surface area contributed by atoms with Crippen LogP contribution in [0.1, 0.15) is 41.5 Å². The van der Waals surface area contributed by atoms with Crippen LogP contribution in [0.2, 0.25) is 0 Å². The van der Waals surface area contributed by atoms with E-state index in [2.05, 4.69) is 51.3 Å². The summed E-state index contributed by atoms with van der Waals surface area (Å²) in [5.41, 5.74) is 0. The van der Waals surface area contributed by atoms with Crippen LogP contribution in [0, 0.1) is 0 Å². The first-order valence-electron chi connectivity index (χ1n) is 7.67. The maximum absolute atomic E-state index is 12.6. The fourth-order valence-corrected chi connectivity index (χ4v) is 2.94. The Balaban J connectivity index is 2.61. The standard InChI is InChI=1S/C15H31N3O/c1-7-16-8-10-17(11-9-16)14(6)15(19)18(12(2)3)13(4)5/h12-14H,7-11H2,1-6H3/t14-/m0/s1. The van der Waals surface area contributed by atoms with Gasteiger partial charge in [0.1, 0.15) is 0 Å². The molecule has 1 rings (SSSR count). The lowest BCUT2D eigenvalue weighted by atomic mass is 10.1. The van der Waals surface area contributed by atoms with E-state index < -0.39 is 0 Å². The van der Waals surface area contributed by atoms with Crippen molar-refractivity contribution in [2.24, 2.45) is 0 Å². The van der Waals surface area contributed by atoms with Gasteiger partial charge >= 0.3 is 0 Å². The Morgan fingerprint density at radius 1 is 1.00 bits per heavy atom. The molecule has 4 nitrogen and oxygen atoms in total. The molecule has 1 aliphatic rings. The van der Waals surface area contributed by atoms with Crippen LogP contribution in [0.15, 0.2) is 0 Å². The molecule has 1 heterocycles. The van der Waals surface area contributed by atoms with Crippen LogP contribution in [0.25, 0.3) is 0 Å². The summed E-state index contributed by atoms with van der Waals surface area (Å²) >= 11 is 0. The van der Waals surface area contributed by atoms with Crippen LogP contribution >= 0.6 is 0 Å². The predicted octanol–water partition coefficient (Wildman–Crippen LogP) is 1.66. The van der Waals surface area contributed by atoms with E-state index in [-0.39, 0.29) is 24.0 Å². The van der Waals surface area contributed by atoms with Gasteiger partial charge in [0.15, 0.2) is 0 Å². The van der Waals surface area contributed by atoms with Crippen molar-refractivity contribution >= 4 is 5.91 Å². The van der Waals surface area contributed by atoms with Crippen LogP contribution in [0.3, 0.4) is 0 Å². The molecule has 0 spiro atoms. The molecular weight excluding hydrogens is 238 g/mol. The normalized spacial score (nSPS) is 20.0. The molecule has 0 aromatic heterocycles. The molecule has 1 fully saturated rings. The number of carbonyl (C=O) groups is 1. The monoisotopic (exact) mass is 269 g/mol. The molecule has 0 bridgehead atoms. The average molecular weight is 269 g/mol. The highest BCUT2D eigenvalue weighted by molar-refractivity contribution is 5.82. The Hall–Kier alpha value is -0.610. The maximum Gasteiger partial charge on any atom is 0.240 e. The fraction of sp³-hybridized carbons (Fsp3) is 0.933. The molecule has 4 heteroatoms. The Morgan fingerprint density at radius 2 is 1.47 bits per heavy atom. The number of piperazine rings is 1. The lowest BCUT2D eigenvalue weighted by Gasteiger charge is -2.40. The minimum Gasteiger partial charge on any atom is -0.336 e. The van der Waals surface area contributed by atoms with E-state index in [4.69, 9.17) is 0 Å². The summed E-state index contributed by atoms with van der Waals surface area (Å²) in [6.07, 6.45) is 0. The first kappa shape index (κ1) is 16.4. The molecule has 1 saturated heterocycles. The van der Waals surface area contributed by atoms with Crippen molar-refractivity contribution in [2.75, 3.05) is 32.7 Å². The SMILES string of the molecule is CCN1CCN([C@@H](C)C(=O)N(C(C)C)C(C)C)CC1. The zero-order valence-corrected chi connectivity index (χ0v) is 13.5. The van der Waals surface area contributed by atoms with E-state index in [9.17, 15) is 4.79 Å². The molecular formula is C15H31N3O. The summed E-state index contributed by atoms with van der Waals surface area (Å²) in [7, 11) is 0. The second-order valence-corrected chi connectivity index (χ2v) is 6.08. The van der Waals surface area contributed by atoms with Gasteiger partial charge in [-0.1, -0.05) is 6.92 Å². The van der Waals surface area contributed by atoms with Gasteiger partial charge in [-0.25, -0.2) is 0 Å². The minimum absolute atomic E-state index is 0.00352. The highest BCUT2D eigenvalue weighted by Crippen LogP contribution is 2.13. The van der Waals surface area contributed by atoms with E-state index in [1.54, 1.807) is 0 Å². The van der Waals surface area contributed by atoms with Gasteiger partial charge in [0, 0.05) is 38.3 Å². The van der Waals surface area contributed by atoms with E-state index >= 15 is 0 Å². The van der Waals surface area contributed by atoms with Crippen molar-refractivity contribution in [3.8, 4) is 0 Å². The van der Waals surface area contributed by atoms with Crippen LogP contribution in [-0.4, -0.2) is 71.5 Å². The van der Waals surface area contributed by atoms with Crippen molar-refractivity contribution in [3.05, 3.63) is 0 Å². The van der Waals surface area contributed by atoms with Gasteiger partial charge < -0.3 is 9.80 Å². The first-order chi connectivity index (χ1) is 8.88. The van der Waals surface area contributed by atoms with Gasteiger partial charge in [-0.05, 0) is 41.2 Å². The number of rotatable bonds is 5. The molecule has 0 aromatic rings. The third-order valence-corrected chi connectivity index (χ3v) is 4.13. The largest absolute Gasteiger partial charge is 0.336 e. The van der Waals surface area contributed by atoms with Gasteiger partial charge in [0.2, 0.25) is 5.91 Å². The third kappa shape index (κ3) is 4.18. The van der Waals surface area contributed by atoms with E-state index in [1.807, 2.05) is 4.90 Å². The quantitative estimate of drug-likeness (QED) is 0.759. The zero-order valence-electron chi connectivity index (χ0n) is 13.5. The molecule has 1 amide bonds. The van der Waals surface area contributed by atoms with Crippen molar-refractivity contribution in [1.82, 2.24) is 14.7 Å². The van der Waals surface area contributed by atoms with Crippen LogP contribution < -0.4 is 0 Å². The van der Waals surface area contributed by atoms with Crippen molar-refractivity contribution in [2.45, 2.75) is 59.7 Å². The predicted molar refractivity (Wildman–Crippen MR) is 80.3 cm³/mol. The summed E-state index contributed by atoms with van der Waals surface area (Å²) in [6, 6.07) is 0.544. The second-order valence-electron chi connectivity index (χ2n) is 6.08. The van der Waals surface area contributed by atoms with Gasteiger partial charge in [0.25, 0.3) is 0 Å². The molecule has 0 aliphatic carbocycles. The summed E-state index contributed by atoms with van der Waals surface area (Å²) in [4.78, 5) is 19.4. The fourth-order valence-electron chi connectivity index (χ4n) is 2.94. The molecule has 0 unspecified atom stereocenters. The number of likely N-dealkylation sites (N-methyl/N-ethyl adjacent to an activating group) is 1. The van der Waals surface area contributed by atoms with Crippen molar-refractivity contribution in [1.29, 1.82) is 0 Å². The summed E-state index contributed by atoms with van der Waals surface area (Å²) in [6.45, 7) is 17.9. The number of hydrogen-bond acceptors (Lipinski definition) is 3. The number of carbonyl (C=O) groups excluding carboxylic acids is 1. The summed E-state index contributed by atoms with van der Waals surface area (Å²) in [5, 5.41) is 0. The summed E-state index contributed by atoms with van der Waals surface area (Å²) in [5.74, 6) is 0.273. The Bertz CT molecular complexity index is 275. The van der Waals surface area contributed by atoms with Crippen LogP contribution in [-0.2, 0) is 4.79 Å². The van der Waals surface area contributed by atoms with E-state index in [1.165, 1.54) is 0 Å². The van der Waals surface area contributed by atoms with Gasteiger partial charge in [-0.2, -0.15) is 0 Å². The Labute approximate surface area is 118 Å². The number of nitrogens with zero attached hydrogens (tertiary/aromatic N) is 3. The number of hydrogen-bond donors (Lipinski definition) is 0. The lowest BCUT2D eigenvalue weighted by Crippen LogP contribution is -2.56. The molecule has 0 radical (unpaired) electrons. The molecule has 112 valence electrons. The summed E-state index contributed by atoms with van der Waals surface area (Å²) < 4.78 is 0. The molecule has 1 atom stereocenters. The zero-order chi connectivity index (χ0) is 14.6. The maximum atomic E-state index is 12.6. The highest BCUT2D eigenvalue weighted by atomic mass is 16.2. The Kier molecular flexibility index (Phi) is 6.27. The molecule has 1 aliphatic heterocycles. The second kappa shape index (κ2) is 7.25. The van der Waals surface area contributed by atoms with E-state index in [0.717, 1.165) is 32.7 Å². The number of amides is 1.